The SMILES string of the molecule is COc1cc(CC(C)O)cc(C)c1OC. The molecule has 0 aromatic heterocycles. The van der Waals surface area contributed by atoms with Crippen molar-refractivity contribution in [3.8, 4) is 11.5 Å². The molecule has 1 aromatic carbocycles. The highest BCUT2D eigenvalue weighted by molar-refractivity contribution is 5.49. The second-order valence-electron chi connectivity index (χ2n) is 3.70. The van der Waals surface area contributed by atoms with E-state index in [1.54, 1.807) is 21.1 Å². The topological polar surface area (TPSA) is 38.7 Å². The zero-order chi connectivity index (χ0) is 11.4. The van der Waals surface area contributed by atoms with Crippen LogP contribution in [0.5, 0.6) is 11.5 Å². The van der Waals surface area contributed by atoms with Gasteiger partial charge in [0.2, 0.25) is 0 Å². The molecule has 0 bridgehead atoms. The maximum atomic E-state index is 9.31. The van der Waals surface area contributed by atoms with E-state index in [0.717, 1.165) is 16.9 Å². The zero-order valence-electron chi connectivity index (χ0n) is 9.70. The first-order valence-electron chi connectivity index (χ1n) is 4.98. The van der Waals surface area contributed by atoms with Gasteiger partial charge in [0.1, 0.15) is 0 Å². The van der Waals surface area contributed by atoms with E-state index in [1.165, 1.54) is 0 Å². The van der Waals surface area contributed by atoms with Crippen LogP contribution in [0.3, 0.4) is 0 Å². The minimum absolute atomic E-state index is 0.345. The molecule has 0 fully saturated rings. The van der Waals surface area contributed by atoms with E-state index in [2.05, 4.69) is 0 Å². The number of methoxy groups -OCH3 is 2. The van der Waals surface area contributed by atoms with Gasteiger partial charge in [-0.05, 0) is 37.5 Å². The molecule has 0 spiro atoms. The Kier molecular flexibility index (Phi) is 3.97. The number of aryl methyl sites for hydroxylation is 1. The lowest BCUT2D eigenvalue weighted by molar-refractivity contribution is 0.195. The molecule has 1 rings (SSSR count). The molecule has 0 saturated heterocycles. The highest BCUT2D eigenvalue weighted by Gasteiger charge is 2.10. The Morgan fingerprint density at radius 1 is 1.27 bits per heavy atom. The summed E-state index contributed by atoms with van der Waals surface area (Å²) < 4.78 is 10.5. The van der Waals surface area contributed by atoms with Crippen molar-refractivity contribution in [3.63, 3.8) is 0 Å². The summed E-state index contributed by atoms with van der Waals surface area (Å²) >= 11 is 0. The molecule has 1 unspecified atom stereocenters. The van der Waals surface area contributed by atoms with E-state index in [1.807, 2.05) is 19.1 Å². The largest absolute Gasteiger partial charge is 0.493 e. The fourth-order valence-electron chi connectivity index (χ4n) is 1.69. The van der Waals surface area contributed by atoms with Crippen molar-refractivity contribution in [2.75, 3.05) is 14.2 Å². The number of aliphatic hydroxyl groups excluding tert-OH is 1. The van der Waals surface area contributed by atoms with Gasteiger partial charge < -0.3 is 14.6 Å². The molecule has 0 saturated carbocycles. The quantitative estimate of drug-likeness (QED) is 0.825. The average Bonchev–Trinajstić information content (AvgIpc) is 2.15. The van der Waals surface area contributed by atoms with Gasteiger partial charge in [0.15, 0.2) is 11.5 Å². The summed E-state index contributed by atoms with van der Waals surface area (Å²) in [5.74, 6) is 1.47. The van der Waals surface area contributed by atoms with Crippen LogP contribution in [0.25, 0.3) is 0 Å². The van der Waals surface area contributed by atoms with Crippen molar-refractivity contribution in [1.82, 2.24) is 0 Å². The maximum Gasteiger partial charge on any atom is 0.163 e. The normalized spacial score (nSPS) is 12.3. The molecule has 1 atom stereocenters. The molecule has 1 N–H and O–H groups in total. The van der Waals surface area contributed by atoms with Crippen molar-refractivity contribution in [1.29, 1.82) is 0 Å². The summed E-state index contributed by atoms with van der Waals surface area (Å²) in [6, 6.07) is 3.91. The van der Waals surface area contributed by atoms with Gasteiger partial charge >= 0.3 is 0 Å². The van der Waals surface area contributed by atoms with Crippen LogP contribution in [0.1, 0.15) is 18.1 Å². The third-order valence-electron chi connectivity index (χ3n) is 2.26. The fraction of sp³-hybridized carbons (Fsp3) is 0.500. The highest BCUT2D eigenvalue weighted by atomic mass is 16.5. The molecule has 0 aliphatic rings. The lowest BCUT2D eigenvalue weighted by atomic mass is 10.0. The van der Waals surface area contributed by atoms with E-state index < -0.39 is 0 Å². The van der Waals surface area contributed by atoms with Crippen molar-refractivity contribution in [2.45, 2.75) is 26.4 Å². The number of ether oxygens (including phenoxy) is 2. The molecule has 3 heteroatoms. The van der Waals surface area contributed by atoms with Gasteiger partial charge in [-0.3, -0.25) is 0 Å². The number of hydrogen-bond donors (Lipinski definition) is 1. The van der Waals surface area contributed by atoms with E-state index in [4.69, 9.17) is 9.47 Å². The smallest absolute Gasteiger partial charge is 0.163 e. The van der Waals surface area contributed by atoms with Gasteiger partial charge in [0.25, 0.3) is 0 Å². The predicted molar refractivity (Wildman–Crippen MR) is 59.7 cm³/mol. The van der Waals surface area contributed by atoms with Crippen LogP contribution >= 0.6 is 0 Å². The van der Waals surface area contributed by atoms with E-state index in [9.17, 15) is 5.11 Å². The monoisotopic (exact) mass is 210 g/mol. The molecule has 1 aromatic rings. The second-order valence-corrected chi connectivity index (χ2v) is 3.70. The van der Waals surface area contributed by atoms with E-state index in [-0.39, 0.29) is 6.10 Å². The Morgan fingerprint density at radius 2 is 1.93 bits per heavy atom. The lowest BCUT2D eigenvalue weighted by Crippen LogP contribution is -2.05. The molecular formula is C12H18O3. The Morgan fingerprint density at radius 3 is 2.40 bits per heavy atom. The van der Waals surface area contributed by atoms with E-state index in [0.29, 0.717) is 12.2 Å². The van der Waals surface area contributed by atoms with Crippen molar-refractivity contribution in [2.24, 2.45) is 0 Å². The lowest BCUT2D eigenvalue weighted by Gasteiger charge is -2.13. The van der Waals surface area contributed by atoms with Gasteiger partial charge in [-0.25, -0.2) is 0 Å². The summed E-state index contributed by atoms with van der Waals surface area (Å²) in [6.45, 7) is 3.74. The van der Waals surface area contributed by atoms with Crippen LogP contribution in [0.4, 0.5) is 0 Å². The molecule has 0 heterocycles. The zero-order valence-corrected chi connectivity index (χ0v) is 9.70. The van der Waals surface area contributed by atoms with Crippen molar-refractivity contribution >= 4 is 0 Å². The minimum atomic E-state index is -0.345. The summed E-state index contributed by atoms with van der Waals surface area (Å²) in [4.78, 5) is 0. The number of aliphatic hydroxyl groups is 1. The molecule has 0 aliphatic carbocycles. The standard InChI is InChI=1S/C12H18O3/c1-8-5-10(6-9(2)13)7-11(14-3)12(8)15-4/h5,7,9,13H,6H2,1-4H3. The molecule has 0 aliphatic heterocycles. The first-order valence-corrected chi connectivity index (χ1v) is 4.98. The molecule has 15 heavy (non-hydrogen) atoms. The Bertz CT molecular complexity index is 332. The molecule has 0 amide bonds. The first kappa shape index (κ1) is 11.9. The van der Waals surface area contributed by atoms with Crippen molar-refractivity contribution in [3.05, 3.63) is 23.3 Å². The molecule has 0 radical (unpaired) electrons. The molecule has 3 nitrogen and oxygen atoms in total. The first-order chi connectivity index (χ1) is 7.08. The molecule has 84 valence electrons. The maximum absolute atomic E-state index is 9.31. The minimum Gasteiger partial charge on any atom is -0.493 e. The van der Waals surface area contributed by atoms with Crippen LogP contribution in [0, 0.1) is 6.92 Å². The summed E-state index contributed by atoms with van der Waals surface area (Å²) in [7, 11) is 3.24. The number of hydrogen-bond acceptors (Lipinski definition) is 3. The van der Waals surface area contributed by atoms with Crippen LogP contribution in [0.15, 0.2) is 12.1 Å². The van der Waals surface area contributed by atoms with Gasteiger partial charge in [-0.1, -0.05) is 6.07 Å². The Hall–Kier alpha value is -1.22. The summed E-state index contributed by atoms with van der Waals surface area (Å²) in [6.07, 6.45) is 0.281. The number of benzene rings is 1. The molecular weight excluding hydrogens is 192 g/mol. The van der Waals surface area contributed by atoms with Crippen LogP contribution in [0.2, 0.25) is 0 Å². The average molecular weight is 210 g/mol. The van der Waals surface area contributed by atoms with Gasteiger partial charge in [-0.2, -0.15) is 0 Å². The van der Waals surface area contributed by atoms with Crippen LogP contribution < -0.4 is 9.47 Å². The predicted octanol–water partition coefficient (Wildman–Crippen LogP) is 1.94. The Labute approximate surface area is 90.6 Å². The van der Waals surface area contributed by atoms with Crippen LogP contribution in [-0.2, 0) is 6.42 Å². The summed E-state index contributed by atoms with van der Waals surface area (Å²) in [5, 5.41) is 9.31. The number of rotatable bonds is 4. The third-order valence-corrected chi connectivity index (χ3v) is 2.26. The second kappa shape index (κ2) is 5.03. The van der Waals surface area contributed by atoms with Gasteiger partial charge in [0.05, 0.1) is 20.3 Å². The van der Waals surface area contributed by atoms with Gasteiger partial charge in [0, 0.05) is 0 Å². The highest BCUT2D eigenvalue weighted by Crippen LogP contribution is 2.32. The van der Waals surface area contributed by atoms with Gasteiger partial charge in [-0.15, -0.1) is 0 Å². The van der Waals surface area contributed by atoms with E-state index >= 15 is 0 Å². The van der Waals surface area contributed by atoms with Crippen molar-refractivity contribution < 1.29 is 14.6 Å². The third kappa shape index (κ3) is 2.86. The summed E-state index contributed by atoms with van der Waals surface area (Å²) in [5.41, 5.74) is 2.08. The van der Waals surface area contributed by atoms with Crippen LogP contribution in [-0.4, -0.2) is 25.4 Å². The Balaban J connectivity index is 3.08. The fourth-order valence-corrected chi connectivity index (χ4v) is 1.69.